The Morgan fingerprint density at radius 2 is 1.93 bits per heavy atom. The number of benzene rings is 1. The van der Waals surface area contributed by atoms with Crippen molar-refractivity contribution in [2.45, 2.75) is 0 Å². The van der Waals surface area contributed by atoms with Crippen LogP contribution in [0.25, 0.3) is 5.65 Å². The van der Waals surface area contributed by atoms with Gasteiger partial charge in [0.05, 0.1) is 19.2 Å². The first-order valence-corrected chi connectivity index (χ1v) is 8.20. The number of aromatic nitrogens is 2. The third kappa shape index (κ3) is 4.69. The summed E-state index contributed by atoms with van der Waals surface area (Å²) in [4.78, 5) is 28.4. The van der Waals surface area contributed by atoms with Crippen LogP contribution >= 0.6 is 11.6 Å². The molecule has 0 bridgehead atoms. The minimum absolute atomic E-state index is 0. The molecule has 0 saturated carbocycles. The van der Waals surface area contributed by atoms with Gasteiger partial charge >= 0.3 is 5.97 Å². The Kier molecular flexibility index (Phi) is 7.04. The largest absolute Gasteiger partial charge is 1.00 e. The molecule has 0 spiro atoms. The van der Waals surface area contributed by atoms with Crippen LogP contribution in [0, 0.1) is 0 Å². The van der Waals surface area contributed by atoms with Gasteiger partial charge in [0, 0.05) is 6.20 Å². The average molecular weight is 409 g/mol. The van der Waals surface area contributed by atoms with Gasteiger partial charge in [-0.15, -0.1) is 0 Å². The minimum Gasteiger partial charge on any atom is -1.00 e. The molecule has 9 heteroatoms. The van der Waals surface area contributed by atoms with Crippen molar-refractivity contribution in [2.75, 3.05) is 20.3 Å². The Morgan fingerprint density at radius 1 is 1.19 bits per heavy atom. The number of nitrogens with zero attached hydrogens (tertiary/aromatic N) is 2. The molecule has 0 fully saturated rings. The summed E-state index contributed by atoms with van der Waals surface area (Å²) in [5, 5.41) is 2.78. The van der Waals surface area contributed by atoms with E-state index in [1.54, 1.807) is 60.2 Å². The van der Waals surface area contributed by atoms with E-state index in [0.717, 1.165) is 0 Å². The lowest BCUT2D eigenvalue weighted by Gasteiger charge is -2.07. The summed E-state index contributed by atoms with van der Waals surface area (Å²) < 4.78 is 11.8. The molecule has 3 aromatic rings. The number of methoxy groups -OCH3 is 1. The molecule has 0 atom stereocenters. The maximum Gasteiger partial charge on any atom is 0.338 e. The van der Waals surface area contributed by atoms with Crippen LogP contribution < -0.4 is 22.5 Å². The third-order valence-electron chi connectivity index (χ3n) is 3.65. The van der Waals surface area contributed by atoms with Gasteiger partial charge in [-0.2, -0.15) is 0 Å². The fourth-order valence-corrected chi connectivity index (χ4v) is 2.64. The molecule has 2 heterocycles. The van der Waals surface area contributed by atoms with Crippen molar-refractivity contribution in [3.63, 3.8) is 0 Å². The second kappa shape index (κ2) is 9.25. The van der Waals surface area contributed by atoms with E-state index in [2.05, 4.69) is 10.3 Å². The second-order valence-corrected chi connectivity index (χ2v) is 5.66. The highest BCUT2D eigenvalue weighted by Gasteiger charge is 2.17. The lowest BCUT2D eigenvalue weighted by Crippen LogP contribution is -3.00. The Bertz CT molecular complexity index is 941. The molecule has 27 heavy (non-hydrogen) atoms. The number of fused-ring (bicyclic) bond motifs is 1. The second-order valence-electron chi connectivity index (χ2n) is 5.30. The predicted octanol–water partition coefficient (Wildman–Crippen LogP) is -0.413. The summed E-state index contributed by atoms with van der Waals surface area (Å²) in [7, 11) is 1.55. The van der Waals surface area contributed by atoms with E-state index in [0.29, 0.717) is 17.0 Å². The fourth-order valence-electron chi connectivity index (χ4n) is 2.37. The number of pyridine rings is 1. The Balaban J connectivity index is 0.00000261. The van der Waals surface area contributed by atoms with E-state index in [-0.39, 0.29) is 36.4 Å². The summed E-state index contributed by atoms with van der Waals surface area (Å²) >= 11 is 6.04. The number of carbonyl (C=O) groups excluding carboxylic acids is 2. The highest BCUT2D eigenvalue weighted by atomic mass is 35.5. The highest BCUT2D eigenvalue weighted by molar-refractivity contribution is 6.32. The first-order chi connectivity index (χ1) is 12.6. The van der Waals surface area contributed by atoms with Gasteiger partial charge in [-0.1, -0.05) is 17.7 Å². The summed E-state index contributed by atoms with van der Waals surface area (Å²) in [6.07, 6.45) is 1.70. The van der Waals surface area contributed by atoms with Gasteiger partial charge in [-0.25, -0.2) is 9.78 Å². The minimum atomic E-state index is -0.477. The normalized spacial score (nSPS) is 10.1. The van der Waals surface area contributed by atoms with Crippen LogP contribution in [0.15, 0.2) is 48.7 Å². The molecule has 0 aliphatic heterocycles. The van der Waals surface area contributed by atoms with Crippen LogP contribution in [0.1, 0.15) is 20.8 Å². The van der Waals surface area contributed by atoms with E-state index in [1.165, 1.54) is 0 Å². The molecule has 142 valence electrons. The lowest BCUT2D eigenvalue weighted by molar-refractivity contribution is -0.0000295. The molecule has 7 nitrogen and oxygen atoms in total. The summed E-state index contributed by atoms with van der Waals surface area (Å²) in [6.45, 7) is 0.183. The van der Waals surface area contributed by atoms with Crippen molar-refractivity contribution in [1.29, 1.82) is 0 Å². The van der Waals surface area contributed by atoms with Crippen LogP contribution in [-0.4, -0.2) is 41.5 Å². The Hall–Kier alpha value is -2.77. The zero-order valence-electron chi connectivity index (χ0n) is 14.3. The van der Waals surface area contributed by atoms with Crippen molar-refractivity contribution in [1.82, 2.24) is 14.7 Å². The van der Waals surface area contributed by atoms with Crippen LogP contribution in [0.5, 0.6) is 5.75 Å². The van der Waals surface area contributed by atoms with Gasteiger partial charge in [-0.3, -0.25) is 9.20 Å². The van der Waals surface area contributed by atoms with Crippen molar-refractivity contribution >= 4 is 29.1 Å². The molecular weight excluding hydrogens is 393 g/mol. The van der Waals surface area contributed by atoms with Gasteiger partial charge in [0.15, 0.2) is 10.8 Å². The molecule has 0 radical (unpaired) electrons. The van der Waals surface area contributed by atoms with E-state index < -0.39 is 11.9 Å². The lowest BCUT2D eigenvalue weighted by atomic mass is 10.2. The van der Waals surface area contributed by atoms with Crippen molar-refractivity contribution in [3.05, 3.63) is 65.1 Å². The van der Waals surface area contributed by atoms with Crippen LogP contribution in [-0.2, 0) is 4.74 Å². The first-order valence-electron chi connectivity index (χ1n) is 7.82. The monoisotopic (exact) mass is 408 g/mol. The molecule has 0 unspecified atom stereocenters. The topological polar surface area (TPSA) is 81.9 Å². The van der Waals surface area contributed by atoms with Gasteiger partial charge in [-0.05, 0) is 36.4 Å². The summed E-state index contributed by atoms with van der Waals surface area (Å²) in [5.41, 5.74) is 1.22. The van der Waals surface area contributed by atoms with Crippen molar-refractivity contribution in [3.8, 4) is 5.75 Å². The zero-order chi connectivity index (χ0) is 18.5. The number of esters is 1. The van der Waals surface area contributed by atoms with Gasteiger partial charge < -0.3 is 27.2 Å². The van der Waals surface area contributed by atoms with Crippen LogP contribution in [0.2, 0.25) is 5.15 Å². The molecule has 1 amide bonds. The molecule has 0 aliphatic rings. The van der Waals surface area contributed by atoms with Gasteiger partial charge in [0.2, 0.25) is 0 Å². The molecule has 0 saturated heterocycles. The number of carbonyl (C=O) groups is 2. The molecule has 2 aromatic heterocycles. The number of ether oxygens (including phenoxy) is 2. The Labute approximate surface area is 166 Å². The fraction of sp³-hybridized carbons (Fsp3) is 0.167. The van der Waals surface area contributed by atoms with E-state index in [1.807, 2.05) is 0 Å². The van der Waals surface area contributed by atoms with Crippen molar-refractivity contribution in [2.24, 2.45) is 0 Å². The van der Waals surface area contributed by atoms with Crippen molar-refractivity contribution < 1.29 is 31.5 Å². The van der Waals surface area contributed by atoms with E-state index in [4.69, 9.17) is 21.1 Å². The van der Waals surface area contributed by atoms with Gasteiger partial charge in [0.1, 0.15) is 18.0 Å². The summed E-state index contributed by atoms with van der Waals surface area (Å²) in [5.74, 6) is -0.220. The number of halogens is 2. The molecule has 3 rings (SSSR count). The number of nitrogens with one attached hydrogen (secondary N) is 1. The zero-order valence-corrected chi connectivity index (χ0v) is 15.8. The third-order valence-corrected chi connectivity index (χ3v) is 3.91. The van der Waals surface area contributed by atoms with E-state index in [9.17, 15) is 9.59 Å². The smallest absolute Gasteiger partial charge is 0.338 e. The molecule has 1 N–H and O–H groups in total. The Morgan fingerprint density at radius 3 is 2.63 bits per heavy atom. The number of hydrogen-bond donors (Lipinski definition) is 1. The standard InChI is InChI=1S/C18H16ClN3O4.ClH/c1-25-13-7-5-12(6-8-13)18(24)26-11-9-20-17(23)15-16(19)21-14-4-2-3-10-22(14)15;/h2-8,10H,9,11H2,1H3,(H,20,23);1H/p-1. The molecule has 0 aliphatic carbocycles. The quantitative estimate of drug-likeness (QED) is 0.442. The highest BCUT2D eigenvalue weighted by Crippen LogP contribution is 2.17. The van der Waals surface area contributed by atoms with Crippen LogP contribution in [0.4, 0.5) is 0 Å². The maximum absolute atomic E-state index is 12.3. The number of imidazole rings is 1. The van der Waals surface area contributed by atoms with Gasteiger partial charge in [0.25, 0.3) is 5.91 Å². The summed E-state index contributed by atoms with van der Waals surface area (Å²) in [6, 6.07) is 11.9. The number of hydrogen-bond acceptors (Lipinski definition) is 5. The molecule has 1 aromatic carbocycles. The number of rotatable bonds is 6. The number of amides is 1. The molecular formula is C18H16Cl2N3O4-. The van der Waals surface area contributed by atoms with E-state index >= 15 is 0 Å². The van der Waals surface area contributed by atoms with Crippen LogP contribution in [0.3, 0.4) is 0 Å². The SMILES string of the molecule is COc1ccc(C(=O)OCCNC(=O)c2c(Cl)nc3ccccn23)cc1.[Cl-]. The maximum atomic E-state index is 12.3. The first kappa shape index (κ1) is 20.5. The average Bonchev–Trinajstić information content (AvgIpc) is 3.00. The predicted molar refractivity (Wildman–Crippen MR) is 95.8 cm³/mol.